The molecule has 2 aromatic rings. The molecule has 1 unspecified atom stereocenters. The minimum absolute atomic E-state index is 0.165. The van der Waals surface area contributed by atoms with E-state index in [1.807, 2.05) is 19.1 Å². The van der Waals surface area contributed by atoms with Gasteiger partial charge in [0, 0.05) is 5.69 Å². The van der Waals surface area contributed by atoms with Gasteiger partial charge in [0.1, 0.15) is 5.82 Å². The second kappa shape index (κ2) is 3.88. The summed E-state index contributed by atoms with van der Waals surface area (Å²) in [6, 6.07) is 13.6. The van der Waals surface area contributed by atoms with E-state index in [4.69, 9.17) is 0 Å². The van der Waals surface area contributed by atoms with Gasteiger partial charge in [-0.3, -0.25) is 0 Å². The quantitative estimate of drug-likeness (QED) is 0.780. The van der Waals surface area contributed by atoms with Crippen LogP contribution in [0.15, 0.2) is 42.5 Å². The SMILES string of the molecule is Cc1cc(F)ccc1C1Cc2ccccc2N1. The van der Waals surface area contributed by atoms with Crippen molar-refractivity contribution >= 4 is 5.69 Å². The highest BCUT2D eigenvalue weighted by molar-refractivity contribution is 5.58. The summed E-state index contributed by atoms with van der Waals surface area (Å²) < 4.78 is 13.1. The Morgan fingerprint density at radius 2 is 2.00 bits per heavy atom. The zero-order valence-corrected chi connectivity index (χ0v) is 9.70. The van der Waals surface area contributed by atoms with E-state index in [-0.39, 0.29) is 11.9 Å². The standard InChI is InChI=1S/C15H14FN/c1-10-8-12(16)6-7-13(10)15-9-11-4-2-3-5-14(11)17-15/h2-8,15,17H,9H2,1H3. The Hall–Kier alpha value is -1.83. The maximum atomic E-state index is 13.1. The molecule has 1 aliphatic rings. The molecule has 2 aromatic carbocycles. The lowest BCUT2D eigenvalue weighted by Crippen LogP contribution is -2.07. The number of hydrogen-bond acceptors (Lipinski definition) is 1. The number of anilines is 1. The van der Waals surface area contributed by atoms with Crippen LogP contribution in [-0.2, 0) is 6.42 Å². The van der Waals surface area contributed by atoms with E-state index in [1.54, 1.807) is 6.07 Å². The van der Waals surface area contributed by atoms with Crippen LogP contribution in [0, 0.1) is 12.7 Å². The lowest BCUT2D eigenvalue weighted by atomic mass is 9.98. The zero-order chi connectivity index (χ0) is 11.8. The highest BCUT2D eigenvalue weighted by atomic mass is 19.1. The summed E-state index contributed by atoms with van der Waals surface area (Å²) in [6.45, 7) is 1.96. The van der Waals surface area contributed by atoms with E-state index in [0.29, 0.717) is 0 Å². The first-order valence-corrected chi connectivity index (χ1v) is 5.84. The van der Waals surface area contributed by atoms with Crippen LogP contribution in [-0.4, -0.2) is 0 Å². The molecule has 2 heteroatoms. The Kier molecular flexibility index (Phi) is 2.36. The molecule has 1 N–H and O–H groups in total. The molecule has 86 valence electrons. The number of hydrogen-bond donors (Lipinski definition) is 1. The molecule has 3 rings (SSSR count). The van der Waals surface area contributed by atoms with Crippen molar-refractivity contribution in [3.63, 3.8) is 0 Å². The third-order valence-corrected chi connectivity index (χ3v) is 3.38. The highest BCUT2D eigenvalue weighted by Gasteiger charge is 2.22. The Morgan fingerprint density at radius 3 is 2.76 bits per heavy atom. The average molecular weight is 227 g/mol. The molecule has 0 bridgehead atoms. The molecule has 0 aliphatic carbocycles. The molecule has 17 heavy (non-hydrogen) atoms. The number of halogens is 1. The van der Waals surface area contributed by atoms with Crippen molar-refractivity contribution in [3.05, 3.63) is 65.0 Å². The van der Waals surface area contributed by atoms with E-state index < -0.39 is 0 Å². The van der Waals surface area contributed by atoms with Crippen LogP contribution < -0.4 is 5.32 Å². The van der Waals surface area contributed by atoms with Gasteiger partial charge in [-0.15, -0.1) is 0 Å². The Morgan fingerprint density at radius 1 is 1.18 bits per heavy atom. The summed E-state index contributed by atoms with van der Waals surface area (Å²) in [5.74, 6) is -0.165. The second-order valence-electron chi connectivity index (χ2n) is 4.56. The number of nitrogens with one attached hydrogen (secondary N) is 1. The molecule has 0 saturated heterocycles. The molecule has 0 saturated carbocycles. The molecule has 1 nitrogen and oxygen atoms in total. The Balaban J connectivity index is 1.94. The highest BCUT2D eigenvalue weighted by Crippen LogP contribution is 2.35. The van der Waals surface area contributed by atoms with E-state index in [9.17, 15) is 4.39 Å². The lowest BCUT2D eigenvalue weighted by molar-refractivity contribution is 0.624. The molecule has 0 fully saturated rings. The Bertz CT molecular complexity index is 538. The molecule has 1 atom stereocenters. The largest absolute Gasteiger partial charge is 0.378 e. The molecule has 1 aliphatic heterocycles. The van der Waals surface area contributed by atoms with Crippen LogP contribution in [0.4, 0.5) is 10.1 Å². The maximum Gasteiger partial charge on any atom is 0.123 e. The van der Waals surface area contributed by atoms with Gasteiger partial charge in [-0.1, -0.05) is 24.3 Å². The van der Waals surface area contributed by atoms with Crippen molar-refractivity contribution < 1.29 is 4.39 Å². The fourth-order valence-electron chi connectivity index (χ4n) is 2.52. The van der Waals surface area contributed by atoms with Gasteiger partial charge < -0.3 is 5.32 Å². The van der Waals surface area contributed by atoms with Crippen molar-refractivity contribution in [2.24, 2.45) is 0 Å². The number of rotatable bonds is 1. The van der Waals surface area contributed by atoms with Crippen molar-refractivity contribution in [3.8, 4) is 0 Å². The second-order valence-corrected chi connectivity index (χ2v) is 4.56. The summed E-state index contributed by atoms with van der Waals surface area (Å²) in [7, 11) is 0. The third kappa shape index (κ3) is 1.80. The predicted octanol–water partition coefficient (Wildman–Crippen LogP) is 3.84. The van der Waals surface area contributed by atoms with E-state index >= 15 is 0 Å². The van der Waals surface area contributed by atoms with Gasteiger partial charge in [0.15, 0.2) is 0 Å². The first-order chi connectivity index (χ1) is 8.24. The molecular formula is C15H14FN. The van der Waals surface area contributed by atoms with Gasteiger partial charge in [0.2, 0.25) is 0 Å². The molecule has 1 heterocycles. The number of benzene rings is 2. The number of para-hydroxylation sites is 1. The topological polar surface area (TPSA) is 12.0 Å². The van der Waals surface area contributed by atoms with Crippen molar-refractivity contribution in [1.29, 1.82) is 0 Å². The monoisotopic (exact) mass is 227 g/mol. The van der Waals surface area contributed by atoms with Crippen LogP contribution >= 0.6 is 0 Å². The van der Waals surface area contributed by atoms with Crippen LogP contribution in [0.25, 0.3) is 0 Å². The van der Waals surface area contributed by atoms with E-state index in [1.165, 1.54) is 22.9 Å². The van der Waals surface area contributed by atoms with Crippen LogP contribution in [0.3, 0.4) is 0 Å². The lowest BCUT2D eigenvalue weighted by Gasteiger charge is -2.14. The molecule has 0 amide bonds. The minimum atomic E-state index is -0.165. The van der Waals surface area contributed by atoms with Gasteiger partial charge in [0.25, 0.3) is 0 Å². The number of aryl methyl sites for hydroxylation is 1. The number of fused-ring (bicyclic) bond motifs is 1. The fourth-order valence-corrected chi connectivity index (χ4v) is 2.52. The van der Waals surface area contributed by atoms with Crippen LogP contribution in [0.2, 0.25) is 0 Å². The molecule has 0 aromatic heterocycles. The Labute approximate surface area is 100 Å². The van der Waals surface area contributed by atoms with E-state index in [2.05, 4.69) is 23.5 Å². The maximum absolute atomic E-state index is 13.1. The molecule has 0 spiro atoms. The predicted molar refractivity (Wildman–Crippen MR) is 67.6 cm³/mol. The van der Waals surface area contributed by atoms with Gasteiger partial charge in [-0.25, -0.2) is 4.39 Å². The average Bonchev–Trinajstić information content (AvgIpc) is 2.72. The summed E-state index contributed by atoms with van der Waals surface area (Å²) in [6.07, 6.45) is 0.975. The smallest absolute Gasteiger partial charge is 0.123 e. The summed E-state index contributed by atoms with van der Waals surface area (Å²) in [5, 5.41) is 3.49. The first-order valence-electron chi connectivity index (χ1n) is 5.84. The third-order valence-electron chi connectivity index (χ3n) is 3.38. The summed E-state index contributed by atoms with van der Waals surface area (Å²) in [5.41, 5.74) is 4.72. The van der Waals surface area contributed by atoms with Gasteiger partial charge in [-0.2, -0.15) is 0 Å². The van der Waals surface area contributed by atoms with Crippen molar-refractivity contribution in [1.82, 2.24) is 0 Å². The van der Waals surface area contributed by atoms with E-state index in [0.717, 1.165) is 12.0 Å². The first kappa shape index (κ1) is 10.3. The van der Waals surface area contributed by atoms with Crippen molar-refractivity contribution in [2.75, 3.05) is 5.32 Å². The van der Waals surface area contributed by atoms with Crippen LogP contribution in [0.5, 0.6) is 0 Å². The van der Waals surface area contributed by atoms with Crippen LogP contribution in [0.1, 0.15) is 22.7 Å². The van der Waals surface area contributed by atoms with Gasteiger partial charge in [0.05, 0.1) is 6.04 Å². The summed E-state index contributed by atoms with van der Waals surface area (Å²) in [4.78, 5) is 0. The minimum Gasteiger partial charge on any atom is -0.378 e. The van der Waals surface area contributed by atoms with Gasteiger partial charge >= 0.3 is 0 Å². The van der Waals surface area contributed by atoms with Gasteiger partial charge in [-0.05, 0) is 48.2 Å². The molecular weight excluding hydrogens is 213 g/mol. The molecule has 0 radical (unpaired) electrons. The fraction of sp³-hybridized carbons (Fsp3) is 0.200. The summed E-state index contributed by atoms with van der Waals surface area (Å²) >= 11 is 0. The normalized spacial score (nSPS) is 17.6. The van der Waals surface area contributed by atoms with Crippen molar-refractivity contribution in [2.45, 2.75) is 19.4 Å². The zero-order valence-electron chi connectivity index (χ0n) is 9.70.